The second-order valence-corrected chi connectivity index (χ2v) is 6.92. The van der Waals surface area contributed by atoms with Crippen LogP contribution in [0.5, 0.6) is 0 Å². The lowest BCUT2D eigenvalue weighted by atomic mass is 9.90. The normalized spacial score (nSPS) is 19.6. The number of amides is 3. The topological polar surface area (TPSA) is 90.0 Å². The van der Waals surface area contributed by atoms with Gasteiger partial charge in [-0.15, -0.1) is 0 Å². The van der Waals surface area contributed by atoms with Crippen LogP contribution in [-0.2, 0) is 11.2 Å². The second kappa shape index (κ2) is 7.55. The van der Waals surface area contributed by atoms with Gasteiger partial charge in [0.1, 0.15) is 0 Å². The van der Waals surface area contributed by atoms with E-state index >= 15 is 0 Å². The smallest absolute Gasteiger partial charge is 0.317 e. The molecule has 7 nitrogen and oxygen atoms in total. The molecule has 1 unspecified atom stereocenters. The Morgan fingerprint density at radius 1 is 1.32 bits per heavy atom. The Hall–Kier alpha value is -2.57. The molecule has 7 heteroatoms. The van der Waals surface area contributed by atoms with Crippen molar-refractivity contribution in [3.8, 4) is 0 Å². The number of carbonyl (C=O) groups is 3. The van der Waals surface area contributed by atoms with Crippen molar-refractivity contribution in [2.24, 2.45) is 5.41 Å². The molecule has 1 heterocycles. The van der Waals surface area contributed by atoms with Gasteiger partial charge in [-0.05, 0) is 37.5 Å². The van der Waals surface area contributed by atoms with Gasteiger partial charge in [0, 0.05) is 39.3 Å². The number of hydrogen-bond donors (Lipinski definition) is 2. The highest BCUT2D eigenvalue weighted by Crippen LogP contribution is 2.29. The van der Waals surface area contributed by atoms with Crippen molar-refractivity contribution in [3.05, 3.63) is 35.4 Å². The van der Waals surface area contributed by atoms with Crippen LogP contribution < -0.4 is 5.32 Å². The Bertz CT molecular complexity index is 674. The molecular formula is C18H25N3O4. The Labute approximate surface area is 147 Å². The van der Waals surface area contributed by atoms with Gasteiger partial charge in [-0.3, -0.25) is 9.59 Å². The van der Waals surface area contributed by atoms with Gasteiger partial charge in [0.25, 0.3) is 5.91 Å². The van der Waals surface area contributed by atoms with Crippen LogP contribution in [0.3, 0.4) is 0 Å². The predicted molar refractivity (Wildman–Crippen MR) is 93.5 cm³/mol. The summed E-state index contributed by atoms with van der Waals surface area (Å²) in [6, 6.07) is 7.08. The summed E-state index contributed by atoms with van der Waals surface area (Å²) in [5, 5.41) is 12.0. The summed E-state index contributed by atoms with van der Waals surface area (Å²) in [4.78, 5) is 38.4. The molecule has 1 aromatic rings. The van der Waals surface area contributed by atoms with Crippen LogP contribution in [-0.4, -0.2) is 66.5 Å². The first kappa shape index (κ1) is 18.8. The SMILES string of the molecule is CN(C)C(=O)c1cccc(CCNC(=O)N2CCC(C)(C(=O)O)C2)c1. The summed E-state index contributed by atoms with van der Waals surface area (Å²) in [7, 11) is 3.41. The molecular weight excluding hydrogens is 322 g/mol. The molecule has 1 aliphatic rings. The van der Waals surface area contributed by atoms with E-state index in [0.29, 0.717) is 31.5 Å². The van der Waals surface area contributed by atoms with Gasteiger partial charge in [0.15, 0.2) is 0 Å². The molecule has 2 rings (SSSR count). The van der Waals surface area contributed by atoms with E-state index in [2.05, 4.69) is 5.32 Å². The van der Waals surface area contributed by atoms with Crippen LogP contribution in [0.4, 0.5) is 4.79 Å². The van der Waals surface area contributed by atoms with Crippen molar-refractivity contribution in [1.82, 2.24) is 15.1 Å². The van der Waals surface area contributed by atoms with Gasteiger partial charge in [-0.2, -0.15) is 0 Å². The largest absolute Gasteiger partial charge is 0.481 e. The van der Waals surface area contributed by atoms with Gasteiger partial charge in [0.2, 0.25) is 0 Å². The molecule has 2 N–H and O–H groups in total. The Kier molecular flexibility index (Phi) is 5.66. The molecule has 136 valence electrons. The van der Waals surface area contributed by atoms with E-state index in [4.69, 9.17) is 0 Å². The molecule has 3 amide bonds. The Morgan fingerprint density at radius 2 is 2.04 bits per heavy atom. The quantitative estimate of drug-likeness (QED) is 0.843. The molecule has 1 aliphatic heterocycles. The lowest BCUT2D eigenvalue weighted by Gasteiger charge is -2.20. The average Bonchev–Trinajstić information content (AvgIpc) is 2.98. The molecule has 1 aromatic carbocycles. The van der Waals surface area contributed by atoms with E-state index in [1.807, 2.05) is 18.2 Å². The molecule has 0 bridgehead atoms. The number of carboxylic acids is 1. The van der Waals surface area contributed by atoms with Crippen molar-refractivity contribution in [2.45, 2.75) is 19.8 Å². The van der Waals surface area contributed by atoms with Crippen molar-refractivity contribution in [1.29, 1.82) is 0 Å². The summed E-state index contributed by atoms with van der Waals surface area (Å²) in [5.74, 6) is -0.930. The minimum Gasteiger partial charge on any atom is -0.481 e. The van der Waals surface area contributed by atoms with Crippen molar-refractivity contribution >= 4 is 17.9 Å². The minimum absolute atomic E-state index is 0.0593. The molecule has 0 spiro atoms. The van der Waals surface area contributed by atoms with Crippen molar-refractivity contribution in [3.63, 3.8) is 0 Å². The first-order valence-electron chi connectivity index (χ1n) is 8.30. The molecule has 1 atom stereocenters. The molecule has 1 saturated heterocycles. The molecule has 25 heavy (non-hydrogen) atoms. The van der Waals surface area contributed by atoms with Gasteiger partial charge < -0.3 is 20.2 Å². The third-order valence-corrected chi connectivity index (χ3v) is 4.55. The van der Waals surface area contributed by atoms with Gasteiger partial charge in [-0.1, -0.05) is 12.1 Å². The van der Waals surface area contributed by atoms with E-state index in [0.717, 1.165) is 5.56 Å². The van der Waals surface area contributed by atoms with Gasteiger partial charge in [0.05, 0.1) is 5.41 Å². The number of carbonyl (C=O) groups excluding carboxylic acids is 2. The predicted octanol–water partition coefficient (Wildman–Crippen LogP) is 1.44. The van der Waals surface area contributed by atoms with E-state index in [-0.39, 0.29) is 18.5 Å². The van der Waals surface area contributed by atoms with Crippen molar-refractivity contribution in [2.75, 3.05) is 33.7 Å². The minimum atomic E-state index is -0.870. The molecule has 0 radical (unpaired) electrons. The summed E-state index contributed by atoms with van der Waals surface area (Å²) >= 11 is 0. The number of rotatable bonds is 5. The van der Waals surface area contributed by atoms with E-state index < -0.39 is 11.4 Å². The molecule has 0 aliphatic carbocycles. The number of aliphatic carboxylic acids is 1. The fraction of sp³-hybridized carbons (Fsp3) is 0.500. The van der Waals surface area contributed by atoms with Crippen LogP contribution >= 0.6 is 0 Å². The summed E-state index contributed by atoms with van der Waals surface area (Å²) in [6.45, 7) is 2.76. The summed E-state index contributed by atoms with van der Waals surface area (Å²) in [5.41, 5.74) is 0.716. The van der Waals surface area contributed by atoms with Crippen molar-refractivity contribution < 1.29 is 19.5 Å². The van der Waals surface area contributed by atoms with Crippen LogP contribution in [0.2, 0.25) is 0 Å². The average molecular weight is 347 g/mol. The Balaban J connectivity index is 1.85. The first-order valence-corrected chi connectivity index (χ1v) is 8.30. The zero-order valence-corrected chi connectivity index (χ0v) is 14.9. The maximum atomic E-state index is 12.2. The number of benzene rings is 1. The number of likely N-dealkylation sites (tertiary alicyclic amines) is 1. The number of nitrogens with one attached hydrogen (secondary N) is 1. The number of nitrogens with zero attached hydrogens (tertiary/aromatic N) is 2. The zero-order valence-electron chi connectivity index (χ0n) is 14.9. The number of urea groups is 1. The highest BCUT2D eigenvalue weighted by Gasteiger charge is 2.42. The Morgan fingerprint density at radius 3 is 2.64 bits per heavy atom. The lowest BCUT2D eigenvalue weighted by Crippen LogP contribution is -2.41. The fourth-order valence-electron chi connectivity index (χ4n) is 2.85. The fourth-order valence-corrected chi connectivity index (χ4v) is 2.85. The molecule has 0 saturated carbocycles. The summed E-state index contributed by atoms with van der Waals surface area (Å²) in [6.07, 6.45) is 1.06. The number of carboxylic acid groups (broad SMARTS) is 1. The maximum absolute atomic E-state index is 12.2. The molecule has 0 aromatic heterocycles. The lowest BCUT2D eigenvalue weighted by molar-refractivity contribution is -0.147. The molecule has 1 fully saturated rings. The monoisotopic (exact) mass is 347 g/mol. The first-order chi connectivity index (χ1) is 11.7. The van der Waals surface area contributed by atoms with Crippen LogP contribution in [0.25, 0.3) is 0 Å². The van der Waals surface area contributed by atoms with Gasteiger partial charge in [-0.25, -0.2) is 4.79 Å². The second-order valence-electron chi connectivity index (χ2n) is 6.92. The highest BCUT2D eigenvalue weighted by molar-refractivity contribution is 5.94. The zero-order chi connectivity index (χ0) is 18.6. The summed E-state index contributed by atoms with van der Waals surface area (Å²) < 4.78 is 0. The van der Waals surface area contributed by atoms with Crippen LogP contribution in [0.15, 0.2) is 24.3 Å². The third-order valence-electron chi connectivity index (χ3n) is 4.55. The standard InChI is InChI=1S/C18H25N3O4/c1-18(16(23)24)8-10-21(12-18)17(25)19-9-7-13-5-4-6-14(11-13)15(22)20(2)3/h4-6,11H,7-10,12H2,1-3H3,(H,19,25)(H,23,24). The highest BCUT2D eigenvalue weighted by atomic mass is 16.4. The van der Waals surface area contributed by atoms with E-state index in [9.17, 15) is 19.5 Å². The van der Waals surface area contributed by atoms with Crippen LogP contribution in [0, 0.1) is 5.41 Å². The van der Waals surface area contributed by atoms with Gasteiger partial charge >= 0.3 is 12.0 Å². The van der Waals surface area contributed by atoms with Crippen LogP contribution in [0.1, 0.15) is 29.3 Å². The maximum Gasteiger partial charge on any atom is 0.317 e. The number of hydrogen-bond acceptors (Lipinski definition) is 3. The van der Waals surface area contributed by atoms with E-state index in [1.54, 1.807) is 32.0 Å². The third kappa shape index (κ3) is 4.49. The van der Waals surface area contributed by atoms with E-state index in [1.165, 1.54) is 4.90 Å².